The van der Waals surface area contributed by atoms with Crippen LogP contribution in [0.4, 0.5) is 5.69 Å². The number of nitriles is 1. The molecule has 0 radical (unpaired) electrons. The molecule has 102 valence electrons. The zero-order valence-electron chi connectivity index (χ0n) is 11.0. The topological polar surface area (TPSA) is 87.2 Å². The van der Waals surface area contributed by atoms with E-state index in [1.165, 1.54) is 6.07 Å². The second-order valence-electron chi connectivity index (χ2n) is 4.77. The molecule has 1 heterocycles. The van der Waals surface area contributed by atoms with Gasteiger partial charge in [0.15, 0.2) is 0 Å². The maximum absolute atomic E-state index is 12.3. The number of rotatable bonds is 2. The van der Waals surface area contributed by atoms with E-state index in [9.17, 15) is 9.59 Å². The minimum Gasteiger partial charge on any atom is -0.399 e. The molecular weight excluding hydrogens is 266 g/mol. The van der Waals surface area contributed by atoms with Gasteiger partial charge in [-0.2, -0.15) is 5.26 Å². The molecule has 0 unspecified atom stereocenters. The minimum atomic E-state index is -0.380. The fourth-order valence-electron chi connectivity index (χ4n) is 2.39. The van der Waals surface area contributed by atoms with E-state index in [0.29, 0.717) is 27.9 Å². The van der Waals surface area contributed by atoms with Crippen molar-refractivity contribution in [2.75, 3.05) is 5.73 Å². The van der Waals surface area contributed by atoms with Crippen molar-refractivity contribution in [2.45, 2.75) is 6.54 Å². The molecule has 0 aliphatic carbocycles. The van der Waals surface area contributed by atoms with Crippen LogP contribution in [0.15, 0.2) is 42.5 Å². The summed E-state index contributed by atoms with van der Waals surface area (Å²) in [7, 11) is 0. The number of hydrogen-bond donors (Lipinski definition) is 1. The van der Waals surface area contributed by atoms with Gasteiger partial charge in [0, 0.05) is 5.69 Å². The van der Waals surface area contributed by atoms with Crippen LogP contribution < -0.4 is 5.73 Å². The van der Waals surface area contributed by atoms with Gasteiger partial charge in [-0.3, -0.25) is 14.5 Å². The molecule has 0 fully saturated rings. The summed E-state index contributed by atoms with van der Waals surface area (Å²) in [6, 6.07) is 13.6. The van der Waals surface area contributed by atoms with E-state index in [-0.39, 0.29) is 18.4 Å². The Kier molecular flexibility index (Phi) is 2.92. The lowest BCUT2D eigenvalue weighted by Gasteiger charge is -2.14. The van der Waals surface area contributed by atoms with Crippen LogP contribution in [0.5, 0.6) is 0 Å². The Balaban J connectivity index is 1.97. The number of carbonyl (C=O) groups is 2. The summed E-state index contributed by atoms with van der Waals surface area (Å²) < 4.78 is 0. The predicted molar refractivity (Wildman–Crippen MR) is 76.2 cm³/mol. The Labute approximate surface area is 121 Å². The lowest BCUT2D eigenvalue weighted by atomic mass is 10.1. The first-order valence-electron chi connectivity index (χ1n) is 6.35. The van der Waals surface area contributed by atoms with E-state index in [2.05, 4.69) is 6.07 Å². The molecular formula is C16H11N3O2. The van der Waals surface area contributed by atoms with Crippen molar-refractivity contribution in [3.05, 3.63) is 64.7 Å². The molecule has 2 amide bonds. The molecule has 0 saturated heterocycles. The number of amides is 2. The number of imide groups is 1. The van der Waals surface area contributed by atoms with E-state index >= 15 is 0 Å². The third-order valence-electron chi connectivity index (χ3n) is 3.46. The summed E-state index contributed by atoms with van der Waals surface area (Å²) in [4.78, 5) is 25.8. The Morgan fingerprint density at radius 2 is 1.76 bits per heavy atom. The number of nitrogen functional groups attached to an aromatic ring is 1. The van der Waals surface area contributed by atoms with Crippen LogP contribution in [0.2, 0.25) is 0 Å². The van der Waals surface area contributed by atoms with Gasteiger partial charge in [0.25, 0.3) is 11.8 Å². The Bertz CT molecular complexity index is 805. The van der Waals surface area contributed by atoms with Crippen molar-refractivity contribution in [2.24, 2.45) is 0 Å². The molecule has 2 aromatic carbocycles. The molecule has 5 nitrogen and oxygen atoms in total. The molecule has 0 bridgehead atoms. The Morgan fingerprint density at radius 1 is 1.05 bits per heavy atom. The Hall–Kier alpha value is -3.13. The number of nitrogens with two attached hydrogens (primary N) is 1. The first kappa shape index (κ1) is 12.9. The van der Waals surface area contributed by atoms with E-state index in [1.807, 2.05) is 0 Å². The monoisotopic (exact) mass is 277 g/mol. The third kappa shape index (κ3) is 2.03. The van der Waals surface area contributed by atoms with Crippen LogP contribution in [0.3, 0.4) is 0 Å². The summed E-state index contributed by atoms with van der Waals surface area (Å²) in [6.45, 7) is 0.0793. The van der Waals surface area contributed by atoms with Crippen LogP contribution in [0, 0.1) is 11.3 Å². The number of hydrogen-bond acceptors (Lipinski definition) is 4. The molecule has 0 spiro atoms. The first-order chi connectivity index (χ1) is 10.1. The predicted octanol–water partition coefficient (Wildman–Crippen LogP) is 1.94. The molecule has 2 N–H and O–H groups in total. The van der Waals surface area contributed by atoms with Crippen molar-refractivity contribution in [1.29, 1.82) is 5.26 Å². The molecule has 0 atom stereocenters. The van der Waals surface area contributed by atoms with Crippen molar-refractivity contribution >= 4 is 17.5 Å². The lowest BCUT2D eigenvalue weighted by molar-refractivity contribution is 0.0642. The van der Waals surface area contributed by atoms with Crippen molar-refractivity contribution in [3.8, 4) is 6.07 Å². The van der Waals surface area contributed by atoms with Gasteiger partial charge in [0.2, 0.25) is 0 Å². The smallest absolute Gasteiger partial charge is 0.261 e. The number of nitrogens with zero attached hydrogens (tertiary/aromatic N) is 2. The highest BCUT2D eigenvalue weighted by atomic mass is 16.2. The minimum absolute atomic E-state index is 0.0793. The van der Waals surface area contributed by atoms with Gasteiger partial charge in [-0.1, -0.05) is 18.2 Å². The SMILES string of the molecule is N#Cc1ccccc1CN1C(=O)c2ccc(N)cc2C1=O. The van der Waals surface area contributed by atoms with Crippen molar-refractivity contribution in [3.63, 3.8) is 0 Å². The molecule has 5 heteroatoms. The fourth-order valence-corrected chi connectivity index (χ4v) is 2.39. The standard InChI is InChI=1S/C16H11N3O2/c17-8-10-3-1-2-4-11(10)9-19-15(20)13-6-5-12(18)7-14(13)16(19)21/h1-7H,9,18H2. The van der Waals surface area contributed by atoms with Crippen LogP contribution in [0.25, 0.3) is 0 Å². The molecule has 0 aromatic heterocycles. The number of fused-ring (bicyclic) bond motifs is 1. The van der Waals surface area contributed by atoms with Crippen LogP contribution in [-0.4, -0.2) is 16.7 Å². The highest BCUT2D eigenvalue weighted by Gasteiger charge is 2.35. The van der Waals surface area contributed by atoms with Crippen LogP contribution in [-0.2, 0) is 6.54 Å². The zero-order valence-corrected chi connectivity index (χ0v) is 11.0. The largest absolute Gasteiger partial charge is 0.399 e. The zero-order chi connectivity index (χ0) is 15.0. The normalized spacial score (nSPS) is 13.2. The summed E-state index contributed by atoms with van der Waals surface area (Å²) in [5, 5.41) is 9.08. The van der Waals surface area contributed by atoms with Gasteiger partial charge < -0.3 is 5.73 Å². The Morgan fingerprint density at radius 3 is 2.52 bits per heavy atom. The maximum atomic E-state index is 12.3. The highest BCUT2D eigenvalue weighted by Crippen LogP contribution is 2.26. The average molecular weight is 277 g/mol. The number of carbonyl (C=O) groups excluding carboxylic acids is 2. The molecule has 2 aromatic rings. The maximum Gasteiger partial charge on any atom is 0.261 e. The van der Waals surface area contributed by atoms with Gasteiger partial charge >= 0.3 is 0 Å². The summed E-state index contributed by atoms with van der Waals surface area (Å²) >= 11 is 0. The van der Waals surface area contributed by atoms with Crippen LogP contribution >= 0.6 is 0 Å². The molecule has 21 heavy (non-hydrogen) atoms. The number of benzene rings is 2. The first-order valence-corrected chi connectivity index (χ1v) is 6.35. The molecule has 1 aliphatic heterocycles. The highest BCUT2D eigenvalue weighted by molar-refractivity contribution is 6.21. The van der Waals surface area contributed by atoms with Crippen molar-refractivity contribution < 1.29 is 9.59 Å². The van der Waals surface area contributed by atoms with Gasteiger partial charge in [-0.15, -0.1) is 0 Å². The summed E-state index contributed by atoms with van der Waals surface area (Å²) in [5.41, 5.74) is 7.85. The van der Waals surface area contributed by atoms with E-state index < -0.39 is 0 Å². The average Bonchev–Trinajstić information content (AvgIpc) is 2.72. The second kappa shape index (κ2) is 4.76. The molecule has 3 rings (SSSR count). The van der Waals surface area contributed by atoms with Gasteiger partial charge in [0.1, 0.15) is 0 Å². The van der Waals surface area contributed by atoms with E-state index in [0.717, 1.165) is 4.90 Å². The van der Waals surface area contributed by atoms with E-state index in [1.54, 1.807) is 36.4 Å². The quantitative estimate of drug-likeness (QED) is 0.671. The van der Waals surface area contributed by atoms with Gasteiger partial charge in [-0.25, -0.2) is 0 Å². The van der Waals surface area contributed by atoms with Crippen LogP contribution in [0.1, 0.15) is 31.8 Å². The number of anilines is 1. The van der Waals surface area contributed by atoms with Crippen molar-refractivity contribution in [1.82, 2.24) is 4.90 Å². The summed E-state index contributed by atoms with van der Waals surface area (Å²) in [5.74, 6) is -0.738. The fraction of sp³-hybridized carbons (Fsp3) is 0.0625. The third-order valence-corrected chi connectivity index (χ3v) is 3.46. The van der Waals surface area contributed by atoms with E-state index in [4.69, 9.17) is 11.0 Å². The van der Waals surface area contributed by atoms with Gasteiger partial charge in [-0.05, 0) is 29.8 Å². The molecule has 1 aliphatic rings. The summed E-state index contributed by atoms with van der Waals surface area (Å²) in [6.07, 6.45) is 0. The second-order valence-corrected chi connectivity index (χ2v) is 4.77. The van der Waals surface area contributed by atoms with Gasteiger partial charge in [0.05, 0.1) is 29.3 Å². The molecule has 0 saturated carbocycles. The lowest BCUT2D eigenvalue weighted by Crippen LogP contribution is -2.29.